The Morgan fingerprint density at radius 2 is 1.11 bits per heavy atom. The Morgan fingerprint density at radius 3 is 1.26 bits per heavy atom. The summed E-state index contributed by atoms with van der Waals surface area (Å²) in [6, 6.07) is 0. The van der Waals surface area contributed by atoms with Crippen LogP contribution in [0, 0.1) is 0 Å². The Morgan fingerprint density at radius 1 is 0.737 bits per heavy atom. The number of aliphatic hydroxyl groups is 1. The van der Waals surface area contributed by atoms with Crippen molar-refractivity contribution < 1.29 is 44.7 Å². The van der Waals surface area contributed by atoms with Crippen LogP contribution in [0.15, 0.2) is 0 Å². The number of aliphatic hydroxyl groups excluding tert-OH is 1. The molecular weight excluding hydrogens is 264 g/mol. The van der Waals surface area contributed by atoms with Crippen LogP contribution in [0.25, 0.3) is 0 Å². The van der Waals surface area contributed by atoms with Gasteiger partial charge in [-0.3, -0.25) is 14.4 Å². The second-order valence-corrected chi connectivity index (χ2v) is 3.45. The molecule has 0 aliphatic heterocycles. The van der Waals surface area contributed by atoms with E-state index in [9.17, 15) is 19.2 Å². The van der Waals surface area contributed by atoms with E-state index in [2.05, 4.69) is 0 Å². The van der Waals surface area contributed by atoms with E-state index in [0.717, 1.165) is 0 Å². The summed E-state index contributed by atoms with van der Waals surface area (Å²) in [5.41, 5.74) is 0. The summed E-state index contributed by atoms with van der Waals surface area (Å²) in [7, 11) is 0. The fraction of sp³-hybridized carbons (Fsp3) is 0.600. The SMILES string of the molecule is O=C(O)CCCCC(=O)O.O=C(O)C[C@H](O)C(=O)O. The van der Waals surface area contributed by atoms with Crippen LogP contribution >= 0.6 is 0 Å². The van der Waals surface area contributed by atoms with E-state index in [0.29, 0.717) is 12.8 Å². The maximum Gasteiger partial charge on any atom is 0.333 e. The minimum Gasteiger partial charge on any atom is -0.481 e. The van der Waals surface area contributed by atoms with Gasteiger partial charge in [0.25, 0.3) is 0 Å². The number of unbranched alkanes of at least 4 members (excludes halogenated alkanes) is 1. The molecule has 0 saturated heterocycles. The maximum atomic E-state index is 9.90. The molecule has 0 unspecified atom stereocenters. The monoisotopic (exact) mass is 280 g/mol. The largest absolute Gasteiger partial charge is 0.481 e. The first-order chi connectivity index (χ1) is 8.66. The molecule has 0 aromatic heterocycles. The van der Waals surface area contributed by atoms with Crippen molar-refractivity contribution in [3.05, 3.63) is 0 Å². The van der Waals surface area contributed by atoms with Crippen molar-refractivity contribution in [2.45, 2.75) is 38.2 Å². The van der Waals surface area contributed by atoms with Gasteiger partial charge >= 0.3 is 23.9 Å². The summed E-state index contributed by atoms with van der Waals surface area (Å²) in [4.78, 5) is 39.2. The van der Waals surface area contributed by atoms with Gasteiger partial charge in [0.05, 0.1) is 6.42 Å². The quantitative estimate of drug-likeness (QED) is 0.372. The van der Waals surface area contributed by atoms with Crippen LogP contribution < -0.4 is 0 Å². The summed E-state index contributed by atoms with van der Waals surface area (Å²) in [5.74, 6) is -4.59. The second-order valence-electron chi connectivity index (χ2n) is 3.45. The molecule has 110 valence electrons. The molecule has 9 nitrogen and oxygen atoms in total. The van der Waals surface area contributed by atoms with Crippen LogP contribution in [-0.4, -0.2) is 55.5 Å². The number of carbonyl (C=O) groups is 4. The lowest BCUT2D eigenvalue weighted by Crippen LogP contribution is -2.22. The van der Waals surface area contributed by atoms with Crippen LogP contribution in [-0.2, 0) is 19.2 Å². The highest BCUT2D eigenvalue weighted by Gasteiger charge is 2.16. The molecule has 0 heterocycles. The fourth-order valence-electron chi connectivity index (χ4n) is 0.805. The number of rotatable bonds is 8. The second kappa shape index (κ2) is 11.0. The topological polar surface area (TPSA) is 169 Å². The molecule has 0 bridgehead atoms. The summed E-state index contributed by atoms with van der Waals surface area (Å²) in [6.07, 6.45) is -1.53. The molecule has 0 aliphatic rings. The maximum absolute atomic E-state index is 9.90. The van der Waals surface area contributed by atoms with Gasteiger partial charge in [-0.25, -0.2) is 4.79 Å². The van der Waals surface area contributed by atoms with Crippen LogP contribution in [0.3, 0.4) is 0 Å². The lowest BCUT2D eigenvalue weighted by atomic mass is 10.2. The van der Waals surface area contributed by atoms with Crippen molar-refractivity contribution in [2.24, 2.45) is 0 Å². The molecule has 0 radical (unpaired) electrons. The minimum atomic E-state index is -1.79. The predicted molar refractivity (Wildman–Crippen MR) is 59.6 cm³/mol. The molecule has 5 N–H and O–H groups in total. The first-order valence-corrected chi connectivity index (χ1v) is 5.23. The molecule has 0 aliphatic carbocycles. The molecule has 9 heteroatoms. The van der Waals surface area contributed by atoms with Crippen molar-refractivity contribution in [1.82, 2.24) is 0 Å². The van der Waals surface area contributed by atoms with Crippen LogP contribution in [0.1, 0.15) is 32.1 Å². The third-order valence-corrected chi connectivity index (χ3v) is 1.68. The van der Waals surface area contributed by atoms with Crippen molar-refractivity contribution in [3.8, 4) is 0 Å². The molecule has 19 heavy (non-hydrogen) atoms. The Balaban J connectivity index is 0. The Labute approximate surface area is 108 Å². The van der Waals surface area contributed by atoms with E-state index in [4.69, 9.17) is 25.5 Å². The average molecular weight is 280 g/mol. The number of hydrogen-bond donors (Lipinski definition) is 5. The molecule has 0 aromatic rings. The molecule has 0 fully saturated rings. The number of aliphatic carboxylic acids is 4. The minimum absolute atomic E-state index is 0.0628. The summed E-state index contributed by atoms with van der Waals surface area (Å²) >= 11 is 0. The van der Waals surface area contributed by atoms with Gasteiger partial charge in [0.1, 0.15) is 0 Å². The number of carboxylic acid groups (broad SMARTS) is 4. The van der Waals surface area contributed by atoms with Gasteiger partial charge in [0.15, 0.2) is 6.10 Å². The van der Waals surface area contributed by atoms with E-state index in [1.807, 2.05) is 0 Å². The Hall–Kier alpha value is -2.16. The molecule has 0 saturated carbocycles. The van der Waals surface area contributed by atoms with Crippen LogP contribution in [0.5, 0.6) is 0 Å². The molecule has 0 rings (SSSR count). The van der Waals surface area contributed by atoms with Gasteiger partial charge in [0, 0.05) is 12.8 Å². The van der Waals surface area contributed by atoms with Gasteiger partial charge in [-0.2, -0.15) is 0 Å². The number of carboxylic acids is 4. The van der Waals surface area contributed by atoms with Crippen molar-refractivity contribution in [2.75, 3.05) is 0 Å². The van der Waals surface area contributed by atoms with Crippen LogP contribution in [0.2, 0.25) is 0 Å². The molecule has 0 spiro atoms. The third kappa shape index (κ3) is 18.4. The van der Waals surface area contributed by atoms with E-state index in [-0.39, 0.29) is 12.8 Å². The highest BCUT2D eigenvalue weighted by molar-refractivity contribution is 5.79. The summed E-state index contributed by atoms with van der Waals surface area (Å²) < 4.78 is 0. The highest BCUT2D eigenvalue weighted by Crippen LogP contribution is 1.98. The first kappa shape index (κ1) is 19.2. The lowest BCUT2D eigenvalue weighted by molar-refractivity contribution is -0.152. The zero-order valence-corrected chi connectivity index (χ0v) is 9.98. The van der Waals surface area contributed by atoms with E-state index < -0.39 is 36.4 Å². The van der Waals surface area contributed by atoms with Gasteiger partial charge < -0.3 is 25.5 Å². The van der Waals surface area contributed by atoms with Gasteiger partial charge in [-0.05, 0) is 12.8 Å². The van der Waals surface area contributed by atoms with Gasteiger partial charge in [-0.1, -0.05) is 0 Å². The summed E-state index contributed by atoms with van der Waals surface area (Å²) in [5, 5.41) is 40.4. The Kier molecular flexibility index (Phi) is 11.1. The molecular formula is C10H16O9. The average Bonchev–Trinajstić information content (AvgIpc) is 2.23. The van der Waals surface area contributed by atoms with E-state index in [1.54, 1.807) is 0 Å². The number of hydrogen-bond acceptors (Lipinski definition) is 5. The standard InChI is InChI=1S/C6H10O4.C4H6O5/c7-5(8)3-1-2-4-6(9)10;5-2(4(8)9)1-3(6)7/h1-4H2,(H,7,8)(H,9,10);2,5H,1H2,(H,6,7)(H,8,9)/t;2-/m.0/s1. The molecule has 0 amide bonds. The smallest absolute Gasteiger partial charge is 0.333 e. The van der Waals surface area contributed by atoms with E-state index in [1.165, 1.54) is 0 Å². The van der Waals surface area contributed by atoms with Gasteiger partial charge in [-0.15, -0.1) is 0 Å². The lowest BCUT2D eigenvalue weighted by Gasteiger charge is -1.97. The zero-order chi connectivity index (χ0) is 15.4. The van der Waals surface area contributed by atoms with Crippen LogP contribution in [0.4, 0.5) is 0 Å². The fourth-order valence-corrected chi connectivity index (χ4v) is 0.805. The zero-order valence-electron chi connectivity index (χ0n) is 9.98. The van der Waals surface area contributed by atoms with Crippen molar-refractivity contribution >= 4 is 23.9 Å². The van der Waals surface area contributed by atoms with Crippen molar-refractivity contribution in [1.29, 1.82) is 0 Å². The van der Waals surface area contributed by atoms with Gasteiger partial charge in [0.2, 0.25) is 0 Å². The van der Waals surface area contributed by atoms with E-state index >= 15 is 0 Å². The molecule has 1 atom stereocenters. The molecule has 0 aromatic carbocycles. The predicted octanol–water partition coefficient (Wildman–Crippen LogP) is -0.377. The highest BCUT2D eigenvalue weighted by atomic mass is 16.4. The van der Waals surface area contributed by atoms with Crippen molar-refractivity contribution in [3.63, 3.8) is 0 Å². The summed E-state index contributed by atoms with van der Waals surface area (Å²) in [6.45, 7) is 0. The normalized spacial score (nSPS) is 10.8. The first-order valence-electron chi connectivity index (χ1n) is 5.23. The third-order valence-electron chi connectivity index (χ3n) is 1.68. The Bertz CT molecular complexity index is 307.